The number of rotatable bonds is 4. The van der Waals surface area contributed by atoms with Crippen molar-refractivity contribution >= 4 is 0 Å². The molecule has 0 aliphatic heterocycles. The lowest BCUT2D eigenvalue weighted by molar-refractivity contribution is 0.497. The standard InChI is InChI=1S/C12H14F2N4/c1-18-5-4-9(17-18)7-12(16-15)10-6-8(13)2-3-11(10)14/h2-6,12,16H,7,15H2,1H3. The third kappa shape index (κ3) is 2.72. The number of hydrogen-bond acceptors (Lipinski definition) is 3. The second-order valence-electron chi connectivity index (χ2n) is 4.07. The third-order valence-corrected chi connectivity index (χ3v) is 2.72. The summed E-state index contributed by atoms with van der Waals surface area (Å²) < 4.78 is 28.4. The largest absolute Gasteiger partial charge is 0.276 e. The Kier molecular flexibility index (Phi) is 3.69. The zero-order chi connectivity index (χ0) is 13.1. The van der Waals surface area contributed by atoms with Gasteiger partial charge in [-0.05, 0) is 24.3 Å². The van der Waals surface area contributed by atoms with Crippen LogP contribution < -0.4 is 11.3 Å². The number of nitrogens with zero attached hydrogens (tertiary/aromatic N) is 2. The normalized spacial score (nSPS) is 12.7. The fraction of sp³-hybridized carbons (Fsp3) is 0.250. The van der Waals surface area contributed by atoms with Gasteiger partial charge in [-0.15, -0.1) is 0 Å². The number of halogens is 2. The van der Waals surface area contributed by atoms with Gasteiger partial charge in [0.25, 0.3) is 0 Å². The number of benzene rings is 1. The van der Waals surface area contributed by atoms with Crippen LogP contribution in [0.1, 0.15) is 17.3 Å². The Labute approximate surface area is 103 Å². The first kappa shape index (κ1) is 12.7. The van der Waals surface area contributed by atoms with Crippen molar-refractivity contribution in [1.29, 1.82) is 0 Å². The molecule has 2 rings (SSSR count). The summed E-state index contributed by atoms with van der Waals surface area (Å²) >= 11 is 0. The summed E-state index contributed by atoms with van der Waals surface area (Å²) in [6, 6.07) is 4.60. The van der Waals surface area contributed by atoms with Crippen LogP contribution in [-0.2, 0) is 13.5 Å². The van der Waals surface area contributed by atoms with E-state index < -0.39 is 17.7 Å². The van der Waals surface area contributed by atoms with Crippen molar-refractivity contribution in [3.8, 4) is 0 Å². The van der Waals surface area contributed by atoms with E-state index in [-0.39, 0.29) is 5.56 Å². The summed E-state index contributed by atoms with van der Waals surface area (Å²) in [4.78, 5) is 0. The number of nitrogens with two attached hydrogens (primary N) is 1. The lowest BCUT2D eigenvalue weighted by atomic mass is 10.0. The van der Waals surface area contributed by atoms with Gasteiger partial charge in [0.2, 0.25) is 0 Å². The Bertz CT molecular complexity index is 539. The third-order valence-electron chi connectivity index (χ3n) is 2.72. The van der Waals surface area contributed by atoms with Crippen LogP contribution in [0.3, 0.4) is 0 Å². The van der Waals surface area contributed by atoms with Crippen LogP contribution in [0.15, 0.2) is 30.5 Å². The van der Waals surface area contributed by atoms with Gasteiger partial charge in [0.05, 0.1) is 11.7 Å². The molecule has 3 N–H and O–H groups in total. The van der Waals surface area contributed by atoms with Crippen molar-refractivity contribution < 1.29 is 8.78 Å². The summed E-state index contributed by atoms with van der Waals surface area (Å²) in [7, 11) is 1.79. The van der Waals surface area contributed by atoms with Gasteiger partial charge < -0.3 is 0 Å². The molecule has 0 fully saturated rings. The molecule has 1 heterocycles. The van der Waals surface area contributed by atoms with Crippen LogP contribution >= 0.6 is 0 Å². The summed E-state index contributed by atoms with van der Waals surface area (Å²) in [5, 5.41) is 4.18. The van der Waals surface area contributed by atoms with Crippen molar-refractivity contribution in [3.05, 3.63) is 53.4 Å². The molecule has 0 aliphatic rings. The SMILES string of the molecule is Cn1ccc(CC(NN)c2cc(F)ccc2F)n1. The van der Waals surface area contributed by atoms with Crippen LogP contribution in [0.25, 0.3) is 0 Å². The smallest absolute Gasteiger partial charge is 0.128 e. The number of hydrazine groups is 1. The van der Waals surface area contributed by atoms with Gasteiger partial charge in [0.1, 0.15) is 11.6 Å². The zero-order valence-electron chi connectivity index (χ0n) is 9.90. The molecule has 0 saturated heterocycles. The highest BCUT2D eigenvalue weighted by Crippen LogP contribution is 2.21. The molecule has 0 bridgehead atoms. The maximum absolute atomic E-state index is 13.6. The van der Waals surface area contributed by atoms with Crippen LogP contribution in [0.2, 0.25) is 0 Å². The van der Waals surface area contributed by atoms with Crippen molar-refractivity contribution in [2.24, 2.45) is 12.9 Å². The fourth-order valence-corrected chi connectivity index (χ4v) is 1.82. The quantitative estimate of drug-likeness (QED) is 0.639. The van der Waals surface area contributed by atoms with Gasteiger partial charge in [-0.3, -0.25) is 16.0 Å². The highest BCUT2D eigenvalue weighted by Gasteiger charge is 2.17. The van der Waals surface area contributed by atoms with Gasteiger partial charge in [-0.1, -0.05) is 0 Å². The molecule has 18 heavy (non-hydrogen) atoms. The predicted molar refractivity (Wildman–Crippen MR) is 63.3 cm³/mol. The molecule has 0 spiro atoms. The maximum Gasteiger partial charge on any atom is 0.128 e. The highest BCUT2D eigenvalue weighted by atomic mass is 19.1. The fourth-order valence-electron chi connectivity index (χ4n) is 1.82. The van der Waals surface area contributed by atoms with E-state index in [0.29, 0.717) is 6.42 Å². The van der Waals surface area contributed by atoms with Gasteiger partial charge in [-0.2, -0.15) is 5.10 Å². The molecule has 1 unspecified atom stereocenters. The molecule has 0 radical (unpaired) electrons. The summed E-state index contributed by atoms with van der Waals surface area (Å²) in [5.74, 6) is 4.42. The van der Waals surface area contributed by atoms with E-state index in [1.807, 2.05) is 6.07 Å². The van der Waals surface area contributed by atoms with Crippen LogP contribution in [0.5, 0.6) is 0 Å². The van der Waals surface area contributed by atoms with Crippen molar-refractivity contribution in [1.82, 2.24) is 15.2 Å². The van der Waals surface area contributed by atoms with Crippen molar-refractivity contribution in [2.45, 2.75) is 12.5 Å². The number of hydrogen-bond donors (Lipinski definition) is 2. The average molecular weight is 252 g/mol. The molecule has 0 amide bonds. The number of nitrogens with one attached hydrogen (secondary N) is 1. The van der Waals surface area contributed by atoms with Gasteiger partial charge in [0, 0.05) is 25.2 Å². The first-order valence-corrected chi connectivity index (χ1v) is 5.49. The molecule has 0 aliphatic carbocycles. The van der Waals surface area contributed by atoms with E-state index in [9.17, 15) is 8.78 Å². The second-order valence-corrected chi connectivity index (χ2v) is 4.07. The van der Waals surface area contributed by atoms with E-state index in [4.69, 9.17) is 5.84 Å². The second kappa shape index (κ2) is 5.24. The number of aryl methyl sites for hydroxylation is 1. The van der Waals surface area contributed by atoms with E-state index in [1.165, 1.54) is 0 Å². The summed E-state index contributed by atoms with van der Waals surface area (Å²) in [6.45, 7) is 0. The minimum Gasteiger partial charge on any atom is -0.276 e. The highest BCUT2D eigenvalue weighted by molar-refractivity contribution is 5.23. The number of aromatic nitrogens is 2. The predicted octanol–water partition coefficient (Wildman–Crippen LogP) is 1.45. The first-order valence-electron chi connectivity index (χ1n) is 5.49. The Morgan fingerprint density at radius 2 is 2.17 bits per heavy atom. The topological polar surface area (TPSA) is 55.9 Å². The van der Waals surface area contributed by atoms with Gasteiger partial charge in [0.15, 0.2) is 0 Å². The lowest BCUT2D eigenvalue weighted by Crippen LogP contribution is -2.30. The summed E-state index contributed by atoms with van der Waals surface area (Å²) in [6.07, 6.45) is 2.17. The van der Waals surface area contributed by atoms with E-state index in [2.05, 4.69) is 10.5 Å². The Balaban J connectivity index is 2.25. The van der Waals surface area contributed by atoms with Crippen LogP contribution in [0.4, 0.5) is 8.78 Å². The minimum absolute atomic E-state index is 0.197. The minimum atomic E-state index is -0.518. The molecule has 96 valence electrons. The van der Waals surface area contributed by atoms with Crippen molar-refractivity contribution in [3.63, 3.8) is 0 Å². The molecule has 1 aromatic heterocycles. The molecule has 4 nitrogen and oxygen atoms in total. The average Bonchev–Trinajstić information content (AvgIpc) is 2.75. The first-order chi connectivity index (χ1) is 8.60. The van der Waals surface area contributed by atoms with Crippen LogP contribution in [0, 0.1) is 11.6 Å². The van der Waals surface area contributed by atoms with Gasteiger partial charge in [-0.25, -0.2) is 8.78 Å². The molecular weight excluding hydrogens is 238 g/mol. The monoisotopic (exact) mass is 252 g/mol. The van der Waals surface area contributed by atoms with E-state index >= 15 is 0 Å². The molecule has 1 atom stereocenters. The zero-order valence-corrected chi connectivity index (χ0v) is 9.90. The van der Waals surface area contributed by atoms with E-state index in [0.717, 1.165) is 23.9 Å². The van der Waals surface area contributed by atoms with Crippen LogP contribution in [-0.4, -0.2) is 9.78 Å². The Morgan fingerprint density at radius 3 is 2.78 bits per heavy atom. The van der Waals surface area contributed by atoms with Crippen molar-refractivity contribution in [2.75, 3.05) is 0 Å². The molecule has 2 aromatic rings. The summed E-state index contributed by atoms with van der Waals surface area (Å²) in [5.41, 5.74) is 3.44. The molecule has 0 saturated carbocycles. The molecular formula is C12H14F2N4. The lowest BCUT2D eigenvalue weighted by Gasteiger charge is -2.15. The Morgan fingerprint density at radius 1 is 1.39 bits per heavy atom. The van der Waals surface area contributed by atoms with E-state index in [1.54, 1.807) is 17.9 Å². The van der Waals surface area contributed by atoms with Gasteiger partial charge >= 0.3 is 0 Å². The maximum atomic E-state index is 13.6. The molecule has 1 aromatic carbocycles. The molecule has 6 heteroatoms. The Hall–Kier alpha value is -1.79.